The van der Waals surface area contributed by atoms with Gasteiger partial charge in [0, 0.05) is 40.6 Å². The monoisotopic (exact) mass is 629 g/mol. The van der Waals surface area contributed by atoms with Crippen LogP contribution in [-0.4, -0.2) is 91.3 Å². The maximum atomic E-state index is 14.2. The molecule has 4 rings (SSSR count). The minimum atomic E-state index is -0.553. The van der Waals surface area contributed by atoms with Gasteiger partial charge in [-0.25, -0.2) is 0 Å². The van der Waals surface area contributed by atoms with E-state index in [1.165, 1.54) is 19.3 Å². The predicted molar refractivity (Wildman–Crippen MR) is 174 cm³/mol. The van der Waals surface area contributed by atoms with Crippen molar-refractivity contribution in [1.82, 2.24) is 25.3 Å². The van der Waals surface area contributed by atoms with Gasteiger partial charge in [0.1, 0.15) is 0 Å². The Bertz CT molecular complexity index is 1170. The molecule has 1 saturated heterocycles. The summed E-state index contributed by atoms with van der Waals surface area (Å²) < 4.78 is 0. The molecule has 1 aromatic heterocycles. The van der Waals surface area contributed by atoms with Crippen molar-refractivity contribution in [3.8, 4) is 0 Å². The van der Waals surface area contributed by atoms with Gasteiger partial charge in [-0.1, -0.05) is 43.4 Å². The second-order valence-electron chi connectivity index (χ2n) is 12.3. The lowest BCUT2D eigenvalue weighted by Crippen LogP contribution is -2.60. The first kappa shape index (κ1) is 33.4. The molecule has 2 fully saturated rings. The molecule has 0 radical (unpaired) electrons. The van der Waals surface area contributed by atoms with Gasteiger partial charge in [0.2, 0.25) is 11.8 Å². The fraction of sp³-hybridized carbons (Fsp3) is 0.606. The van der Waals surface area contributed by atoms with Crippen molar-refractivity contribution >= 4 is 40.7 Å². The summed E-state index contributed by atoms with van der Waals surface area (Å²) in [6.07, 6.45) is 9.29. The Labute approximate surface area is 266 Å². The van der Waals surface area contributed by atoms with Crippen LogP contribution in [0.4, 0.5) is 0 Å². The predicted octanol–water partition coefficient (Wildman–Crippen LogP) is 5.03. The Balaban J connectivity index is 1.49. The van der Waals surface area contributed by atoms with Crippen molar-refractivity contribution in [2.24, 2.45) is 5.92 Å². The number of nitrogens with one attached hydrogen (secondary N) is 2. The molecule has 1 aromatic carbocycles. The van der Waals surface area contributed by atoms with Crippen LogP contribution in [0.5, 0.6) is 0 Å². The van der Waals surface area contributed by atoms with Gasteiger partial charge in [-0.2, -0.15) is 0 Å². The summed E-state index contributed by atoms with van der Waals surface area (Å²) in [4.78, 5) is 48.5. The topological polar surface area (TPSA) is 85.0 Å². The normalized spacial score (nSPS) is 20.3. The fourth-order valence-electron chi connectivity index (χ4n) is 6.38. The molecule has 3 atom stereocenters. The smallest absolute Gasteiger partial charge is 0.251 e. The Hall–Kier alpha value is -2.46. The van der Waals surface area contributed by atoms with Gasteiger partial charge in [0.15, 0.2) is 0 Å². The zero-order valence-corrected chi connectivity index (χ0v) is 27.5. The molecule has 8 nitrogen and oxygen atoms in total. The number of carbonyl (C=O) groups is 3. The SMILES string of the molecule is CN(C)CCCC[C@H](C(=O)N1CC[C@@H](NC(=O)c2ccc(Cl)cc2)[C@@H](C(=O)NCc2cccs2)C1)N(C)C1CCCCC1. The van der Waals surface area contributed by atoms with Gasteiger partial charge in [-0.15, -0.1) is 11.3 Å². The summed E-state index contributed by atoms with van der Waals surface area (Å²) in [5.74, 6) is -0.830. The van der Waals surface area contributed by atoms with Crippen molar-refractivity contribution < 1.29 is 14.4 Å². The Morgan fingerprint density at radius 2 is 1.77 bits per heavy atom. The highest BCUT2D eigenvalue weighted by Crippen LogP contribution is 2.27. The number of hydrogen-bond acceptors (Lipinski definition) is 6. The number of hydrogen-bond donors (Lipinski definition) is 2. The lowest BCUT2D eigenvalue weighted by Gasteiger charge is -2.42. The molecule has 1 aliphatic heterocycles. The molecule has 2 aliphatic rings. The second kappa shape index (κ2) is 16.6. The number of piperidine rings is 1. The molecular weight excluding hydrogens is 582 g/mol. The lowest BCUT2D eigenvalue weighted by molar-refractivity contribution is -0.142. The molecule has 0 spiro atoms. The largest absolute Gasteiger partial charge is 0.351 e. The van der Waals surface area contributed by atoms with Gasteiger partial charge in [0.25, 0.3) is 5.91 Å². The van der Waals surface area contributed by atoms with E-state index < -0.39 is 5.92 Å². The molecule has 2 heterocycles. The van der Waals surface area contributed by atoms with Crippen LogP contribution in [0.15, 0.2) is 41.8 Å². The second-order valence-corrected chi connectivity index (χ2v) is 13.8. The van der Waals surface area contributed by atoms with Crippen LogP contribution in [0.1, 0.15) is 73.0 Å². The van der Waals surface area contributed by atoms with Crippen molar-refractivity contribution in [2.75, 3.05) is 40.8 Å². The number of halogens is 1. The average Bonchev–Trinajstić information content (AvgIpc) is 3.54. The van der Waals surface area contributed by atoms with Crippen LogP contribution in [0.3, 0.4) is 0 Å². The van der Waals surface area contributed by atoms with Crippen molar-refractivity contribution in [1.29, 1.82) is 0 Å². The van der Waals surface area contributed by atoms with Crippen molar-refractivity contribution in [3.05, 3.63) is 57.2 Å². The fourth-order valence-corrected chi connectivity index (χ4v) is 7.15. The average molecular weight is 630 g/mol. The van der Waals surface area contributed by atoms with Gasteiger partial charge in [-0.05, 0) is 95.5 Å². The molecule has 2 N–H and O–H groups in total. The summed E-state index contributed by atoms with van der Waals surface area (Å²) >= 11 is 7.61. The van der Waals surface area contributed by atoms with Crippen LogP contribution in [0, 0.1) is 5.92 Å². The number of carbonyl (C=O) groups excluding carboxylic acids is 3. The maximum absolute atomic E-state index is 14.2. The van der Waals surface area contributed by atoms with E-state index in [4.69, 9.17) is 11.6 Å². The first-order chi connectivity index (χ1) is 20.7. The third kappa shape index (κ3) is 9.76. The van der Waals surface area contributed by atoms with Crippen LogP contribution < -0.4 is 10.6 Å². The number of thiophene rings is 1. The summed E-state index contributed by atoms with van der Waals surface area (Å²) in [5, 5.41) is 8.72. The van der Waals surface area contributed by atoms with Crippen molar-refractivity contribution in [3.63, 3.8) is 0 Å². The van der Waals surface area contributed by atoms with Gasteiger partial charge in [-0.3, -0.25) is 19.3 Å². The quantitative estimate of drug-likeness (QED) is 0.304. The summed E-state index contributed by atoms with van der Waals surface area (Å²) in [6.45, 7) is 2.22. The van der Waals surface area contributed by atoms with Crippen LogP contribution in [0.25, 0.3) is 0 Å². The molecular formula is C33H48ClN5O3S. The summed E-state index contributed by atoms with van der Waals surface area (Å²) in [5.41, 5.74) is 0.493. The van der Waals surface area contributed by atoms with Gasteiger partial charge >= 0.3 is 0 Å². The molecule has 3 amide bonds. The van der Waals surface area contributed by atoms with E-state index in [-0.39, 0.29) is 36.3 Å². The molecule has 0 bridgehead atoms. The number of unbranched alkanes of at least 4 members (excludes halogenated alkanes) is 1. The van der Waals surface area contributed by atoms with Crippen molar-refractivity contribution in [2.45, 2.75) is 82.5 Å². The molecule has 43 heavy (non-hydrogen) atoms. The number of amides is 3. The molecule has 2 aromatic rings. The highest BCUT2D eigenvalue weighted by atomic mass is 35.5. The first-order valence-electron chi connectivity index (χ1n) is 15.7. The van der Waals surface area contributed by atoms with E-state index >= 15 is 0 Å². The third-order valence-electron chi connectivity index (χ3n) is 8.96. The van der Waals surface area contributed by atoms with Crippen LogP contribution in [0.2, 0.25) is 5.02 Å². The Morgan fingerprint density at radius 1 is 1.02 bits per heavy atom. The van der Waals surface area contributed by atoms with E-state index in [0.29, 0.717) is 36.1 Å². The van der Waals surface area contributed by atoms with Gasteiger partial charge in [0.05, 0.1) is 18.5 Å². The molecule has 1 saturated carbocycles. The zero-order valence-electron chi connectivity index (χ0n) is 25.9. The Kier molecular flexibility index (Phi) is 12.9. The first-order valence-corrected chi connectivity index (χ1v) is 17.0. The number of rotatable bonds is 13. The molecule has 1 aliphatic carbocycles. The highest BCUT2D eigenvalue weighted by Gasteiger charge is 2.40. The van der Waals surface area contributed by atoms with Crippen LogP contribution >= 0.6 is 22.9 Å². The zero-order chi connectivity index (χ0) is 30.8. The molecule has 0 unspecified atom stereocenters. The lowest BCUT2D eigenvalue weighted by atomic mass is 9.89. The minimum absolute atomic E-state index is 0.108. The van der Waals surface area contributed by atoms with E-state index in [9.17, 15) is 14.4 Å². The van der Waals surface area contributed by atoms with E-state index in [2.05, 4.69) is 41.6 Å². The summed E-state index contributed by atoms with van der Waals surface area (Å²) in [7, 11) is 6.28. The highest BCUT2D eigenvalue weighted by molar-refractivity contribution is 7.09. The number of likely N-dealkylation sites (tertiary alicyclic amines) is 1. The summed E-state index contributed by atoms with van der Waals surface area (Å²) in [6, 6.07) is 10.5. The maximum Gasteiger partial charge on any atom is 0.251 e. The van der Waals surface area contributed by atoms with E-state index in [1.807, 2.05) is 22.4 Å². The number of benzene rings is 1. The number of likely N-dealkylation sites (N-methyl/N-ethyl adjacent to an activating group) is 1. The third-order valence-corrected chi connectivity index (χ3v) is 10.1. The number of nitrogens with zero attached hydrogens (tertiary/aromatic N) is 3. The minimum Gasteiger partial charge on any atom is -0.351 e. The standard InChI is InChI=1S/C33H48ClN5O3S/c1-37(2)19-8-7-13-30(38(3)26-10-5-4-6-11-26)33(42)39-20-18-29(36-31(40)24-14-16-25(34)17-15-24)28(23-39)32(41)35-22-27-12-9-21-43-27/h9,12,14-17,21,26,28-30H,4-8,10-11,13,18-20,22-23H2,1-3H3,(H,35,41)(H,36,40)/t28-,29+,30+/m0/s1. The van der Waals surface area contributed by atoms with E-state index in [0.717, 1.165) is 43.5 Å². The molecule has 10 heteroatoms. The van der Waals surface area contributed by atoms with Gasteiger partial charge < -0.3 is 20.4 Å². The van der Waals surface area contributed by atoms with Crippen LogP contribution in [-0.2, 0) is 16.1 Å². The van der Waals surface area contributed by atoms with E-state index in [1.54, 1.807) is 35.6 Å². The Morgan fingerprint density at radius 3 is 2.44 bits per heavy atom. The molecule has 236 valence electrons.